The quantitative estimate of drug-likeness (QED) is 0.580. The van der Waals surface area contributed by atoms with Gasteiger partial charge >= 0.3 is 0 Å². The van der Waals surface area contributed by atoms with Gasteiger partial charge in [-0.15, -0.1) is 17.9 Å². The van der Waals surface area contributed by atoms with Crippen LogP contribution in [0.3, 0.4) is 0 Å². The normalized spacial score (nSPS) is 10.8. The lowest BCUT2D eigenvalue weighted by Gasteiger charge is -2.21. The lowest BCUT2D eigenvalue weighted by Crippen LogP contribution is -2.31. The molecule has 0 N–H and O–H groups in total. The zero-order valence-electron chi connectivity index (χ0n) is 14.1. The van der Waals surface area contributed by atoms with Crippen molar-refractivity contribution in [2.45, 2.75) is 19.5 Å². The number of amides is 1. The predicted octanol–water partition coefficient (Wildman–Crippen LogP) is 3.72. The second-order valence-corrected chi connectivity index (χ2v) is 7.57. The Kier molecular flexibility index (Phi) is 5.85. The van der Waals surface area contributed by atoms with Gasteiger partial charge in [0.05, 0.1) is 29.1 Å². The van der Waals surface area contributed by atoms with Gasteiger partial charge in [-0.2, -0.15) is 5.10 Å². The molecule has 0 unspecified atom stereocenters. The Morgan fingerprint density at radius 2 is 2.12 bits per heavy atom. The van der Waals surface area contributed by atoms with Crippen LogP contribution in [0.15, 0.2) is 60.0 Å². The van der Waals surface area contributed by atoms with Crippen molar-refractivity contribution in [2.24, 2.45) is 0 Å². The molecule has 3 aromatic rings. The van der Waals surface area contributed by atoms with Crippen molar-refractivity contribution in [3.05, 3.63) is 74.7 Å². The van der Waals surface area contributed by atoms with Crippen LogP contribution in [-0.4, -0.2) is 27.1 Å². The van der Waals surface area contributed by atoms with Crippen LogP contribution in [0.4, 0.5) is 0 Å². The molecule has 2 aromatic heterocycles. The first kappa shape index (κ1) is 18.4. The SMILES string of the molecule is C=CCN(Cc1ccc(Cl)s1)C(=O)CCn1ncc(=O)c2ccccc21. The largest absolute Gasteiger partial charge is 0.334 e. The van der Waals surface area contributed by atoms with Gasteiger partial charge in [0.1, 0.15) is 0 Å². The van der Waals surface area contributed by atoms with E-state index in [1.54, 1.807) is 21.7 Å². The predicted molar refractivity (Wildman–Crippen MR) is 106 cm³/mol. The summed E-state index contributed by atoms with van der Waals surface area (Å²) in [6.45, 7) is 5.10. The Balaban J connectivity index is 1.73. The van der Waals surface area contributed by atoms with Crippen molar-refractivity contribution in [1.29, 1.82) is 0 Å². The molecule has 5 nitrogen and oxygen atoms in total. The maximum Gasteiger partial charge on any atom is 0.225 e. The molecule has 1 amide bonds. The molecule has 0 aliphatic carbocycles. The average Bonchev–Trinajstić information content (AvgIpc) is 3.06. The first-order valence-electron chi connectivity index (χ1n) is 8.16. The van der Waals surface area contributed by atoms with E-state index in [-0.39, 0.29) is 17.8 Å². The molecule has 2 heterocycles. The first-order chi connectivity index (χ1) is 12.6. The number of benzene rings is 1. The Hall–Kier alpha value is -2.44. The number of aromatic nitrogens is 2. The van der Waals surface area contributed by atoms with Crippen LogP contribution in [0.25, 0.3) is 10.9 Å². The number of fused-ring (bicyclic) bond motifs is 1. The fraction of sp³-hybridized carbons (Fsp3) is 0.211. The monoisotopic (exact) mass is 387 g/mol. The molecule has 0 atom stereocenters. The van der Waals surface area contributed by atoms with E-state index in [1.807, 2.05) is 30.3 Å². The molecule has 0 aliphatic rings. The van der Waals surface area contributed by atoms with E-state index in [9.17, 15) is 9.59 Å². The molecule has 0 aliphatic heterocycles. The number of nitrogens with zero attached hydrogens (tertiary/aromatic N) is 3. The van der Waals surface area contributed by atoms with Crippen molar-refractivity contribution >= 4 is 39.7 Å². The van der Waals surface area contributed by atoms with Gasteiger partial charge in [0.25, 0.3) is 0 Å². The molecule has 0 bridgehead atoms. The van der Waals surface area contributed by atoms with E-state index in [0.29, 0.717) is 29.4 Å². The second-order valence-electron chi connectivity index (χ2n) is 5.77. The lowest BCUT2D eigenvalue weighted by molar-refractivity contribution is -0.131. The Morgan fingerprint density at radius 1 is 1.31 bits per heavy atom. The molecule has 7 heteroatoms. The summed E-state index contributed by atoms with van der Waals surface area (Å²) in [5.74, 6) is -0.000923. The topological polar surface area (TPSA) is 55.2 Å². The molecule has 26 heavy (non-hydrogen) atoms. The minimum atomic E-state index is -0.119. The van der Waals surface area contributed by atoms with Gasteiger partial charge in [-0.3, -0.25) is 14.3 Å². The standard InChI is InChI=1S/C19H18ClN3O2S/c1-2-10-22(13-14-7-8-18(20)26-14)19(25)9-11-23-16-6-4-3-5-15(16)17(24)12-21-23/h2-8,12H,1,9-11,13H2. The summed E-state index contributed by atoms with van der Waals surface area (Å²) in [7, 11) is 0. The minimum absolute atomic E-state index is 0.000923. The minimum Gasteiger partial charge on any atom is -0.334 e. The molecule has 0 spiro atoms. The van der Waals surface area contributed by atoms with Crippen molar-refractivity contribution in [1.82, 2.24) is 14.7 Å². The maximum absolute atomic E-state index is 12.7. The van der Waals surface area contributed by atoms with Crippen LogP contribution >= 0.6 is 22.9 Å². The summed E-state index contributed by atoms with van der Waals surface area (Å²) in [4.78, 5) is 27.3. The van der Waals surface area contributed by atoms with Gasteiger partial charge in [-0.05, 0) is 24.3 Å². The van der Waals surface area contributed by atoms with E-state index in [4.69, 9.17) is 11.6 Å². The van der Waals surface area contributed by atoms with Crippen molar-refractivity contribution in [3.8, 4) is 0 Å². The summed E-state index contributed by atoms with van der Waals surface area (Å²) >= 11 is 7.43. The number of hydrogen-bond donors (Lipinski definition) is 0. The van der Waals surface area contributed by atoms with E-state index < -0.39 is 0 Å². The van der Waals surface area contributed by atoms with Gasteiger partial charge in [-0.25, -0.2) is 0 Å². The fourth-order valence-electron chi connectivity index (χ4n) is 2.73. The molecular weight excluding hydrogens is 370 g/mol. The van der Waals surface area contributed by atoms with E-state index in [0.717, 1.165) is 10.4 Å². The average molecular weight is 388 g/mol. The number of hydrogen-bond acceptors (Lipinski definition) is 4. The Morgan fingerprint density at radius 3 is 2.85 bits per heavy atom. The van der Waals surface area contributed by atoms with Gasteiger partial charge < -0.3 is 4.90 Å². The molecule has 0 radical (unpaired) electrons. The molecule has 134 valence electrons. The number of thiophene rings is 1. The summed E-state index contributed by atoms with van der Waals surface area (Å²) in [5, 5.41) is 4.77. The van der Waals surface area contributed by atoms with E-state index in [2.05, 4.69) is 11.7 Å². The summed E-state index contributed by atoms with van der Waals surface area (Å²) < 4.78 is 2.40. The third-order valence-electron chi connectivity index (χ3n) is 3.98. The Labute approximate surface area is 160 Å². The summed E-state index contributed by atoms with van der Waals surface area (Å²) in [6.07, 6.45) is 3.29. The van der Waals surface area contributed by atoms with E-state index >= 15 is 0 Å². The maximum atomic E-state index is 12.7. The van der Waals surface area contributed by atoms with Crippen LogP contribution in [0, 0.1) is 0 Å². The molecular formula is C19H18ClN3O2S. The molecule has 1 aromatic carbocycles. The van der Waals surface area contributed by atoms with Gasteiger partial charge in [-0.1, -0.05) is 29.8 Å². The van der Waals surface area contributed by atoms with Crippen LogP contribution in [0.1, 0.15) is 11.3 Å². The zero-order valence-corrected chi connectivity index (χ0v) is 15.7. The van der Waals surface area contributed by atoms with E-state index in [1.165, 1.54) is 17.5 Å². The third kappa shape index (κ3) is 4.20. The van der Waals surface area contributed by atoms with Crippen LogP contribution in [0.2, 0.25) is 4.34 Å². The number of carbonyl (C=O) groups excluding carboxylic acids is 1. The van der Waals surface area contributed by atoms with Gasteiger partial charge in [0, 0.05) is 23.2 Å². The number of carbonyl (C=O) groups is 1. The van der Waals surface area contributed by atoms with Crippen LogP contribution in [-0.2, 0) is 17.9 Å². The lowest BCUT2D eigenvalue weighted by atomic mass is 10.2. The highest BCUT2D eigenvalue weighted by molar-refractivity contribution is 7.16. The van der Waals surface area contributed by atoms with Crippen molar-refractivity contribution in [2.75, 3.05) is 6.54 Å². The number of para-hydroxylation sites is 1. The van der Waals surface area contributed by atoms with Crippen molar-refractivity contribution < 1.29 is 4.79 Å². The number of aryl methyl sites for hydroxylation is 1. The van der Waals surface area contributed by atoms with Crippen molar-refractivity contribution in [3.63, 3.8) is 0 Å². The van der Waals surface area contributed by atoms with Crippen LogP contribution in [0.5, 0.6) is 0 Å². The highest BCUT2D eigenvalue weighted by Gasteiger charge is 2.14. The Bertz CT molecular complexity index is 996. The molecule has 3 rings (SSSR count). The second kappa shape index (κ2) is 8.29. The molecule has 0 fully saturated rings. The zero-order chi connectivity index (χ0) is 18.5. The molecule has 0 saturated heterocycles. The third-order valence-corrected chi connectivity index (χ3v) is 5.19. The number of halogens is 1. The highest BCUT2D eigenvalue weighted by Crippen LogP contribution is 2.23. The van der Waals surface area contributed by atoms with Crippen LogP contribution < -0.4 is 5.43 Å². The van der Waals surface area contributed by atoms with Gasteiger partial charge in [0.2, 0.25) is 11.3 Å². The number of rotatable bonds is 7. The highest BCUT2D eigenvalue weighted by atomic mass is 35.5. The van der Waals surface area contributed by atoms with Gasteiger partial charge in [0.15, 0.2) is 0 Å². The summed E-state index contributed by atoms with van der Waals surface area (Å²) in [6, 6.07) is 11.0. The fourth-order valence-corrected chi connectivity index (χ4v) is 3.84. The molecule has 0 saturated carbocycles. The summed E-state index contributed by atoms with van der Waals surface area (Å²) in [5.41, 5.74) is 0.610. The first-order valence-corrected chi connectivity index (χ1v) is 9.35. The smallest absolute Gasteiger partial charge is 0.225 e.